The minimum absolute atomic E-state index is 0.310. The monoisotopic (exact) mass is 284 g/mol. The van der Waals surface area contributed by atoms with E-state index in [1.54, 1.807) is 6.92 Å². The van der Waals surface area contributed by atoms with Gasteiger partial charge in [0.2, 0.25) is 0 Å². The smallest absolute Gasteiger partial charge is 0.333 e. The Hall–Kier alpha value is -0.830. The molecule has 0 saturated heterocycles. The van der Waals surface area contributed by atoms with Crippen LogP contribution in [0.25, 0.3) is 0 Å². The molecule has 118 valence electrons. The van der Waals surface area contributed by atoms with Gasteiger partial charge in [0.15, 0.2) is 0 Å². The normalized spacial score (nSPS) is 12.2. The van der Waals surface area contributed by atoms with Crippen molar-refractivity contribution in [1.29, 1.82) is 0 Å². The van der Waals surface area contributed by atoms with Crippen LogP contribution in [0.2, 0.25) is 0 Å². The summed E-state index contributed by atoms with van der Waals surface area (Å²) in [5.41, 5.74) is 0.436. The zero-order chi connectivity index (χ0) is 15.2. The van der Waals surface area contributed by atoms with Crippen LogP contribution in [0.5, 0.6) is 0 Å². The van der Waals surface area contributed by atoms with Gasteiger partial charge < -0.3 is 9.47 Å². The Labute approximate surface area is 124 Å². The van der Waals surface area contributed by atoms with E-state index in [1.807, 2.05) is 0 Å². The molecule has 0 aromatic carbocycles. The predicted molar refractivity (Wildman–Crippen MR) is 83.8 cm³/mol. The van der Waals surface area contributed by atoms with Crippen LogP contribution < -0.4 is 0 Å². The van der Waals surface area contributed by atoms with E-state index in [0.29, 0.717) is 24.9 Å². The number of carbonyl (C=O) groups is 1. The lowest BCUT2D eigenvalue weighted by atomic mass is 10.1. The first kappa shape index (κ1) is 19.2. The summed E-state index contributed by atoms with van der Waals surface area (Å²) in [7, 11) is 0. The minimum atomic E-state index is -0.333. The van der Waals surface area contributed by atoms with E-state index in [0.717, 1.165) is 19.3 Å². The van der Waals surface area contributed by atoms with Crippen molar-refractivity contribution in [1.82, 2.24) is 0 Å². The molecule has 0 aromatic heterocycles. The summed E-state index contributed by atoms with van der Waals surface area (Å²) < 4.78 is 10.8. The van der Waals surface area contributed by atoms with Crippen molar-refractivity contribution in [2.45, 2.75) is 78.2 Å². The fourth-order valence-corrected chi connectivity index (χ4v) is 2.08. The zero-order valence-corrected chi connectivity index (χ0v) is 13.6. The van der Waals surface area contributed by atoms with Crippen LogP contribution in [0.15, 0.2) is 12.2 Å². The first-order valence-electron chi connectivity index (χ1n) is 8.06. The highest BCUT2D eigenvalue weighted by Crippen LogP contribution is 2.13. The first-order chi connectivity index (χ1) is 9.61. The fourth-order valence-electron chi connectivity index (χ4n) is 2.08. The molecule has 0 aliphatic rings. The van der Waals surface area contributed by atoms with Crippen LogP contribution in [0, 0.1) is 0 Å². The van der Waals surface area contributed by atoms with Gasteiger partial charge in [0, 0.05) is 5.57 Å². The lowest BCUT2D eigenvalue weighted by molar-refractivity contribution is -0.141. The molecule has 1 unspecified atom stereocenters. The molecule has 3 heteroatoms. The van der Waals surface area contributed by atoms with E-state index in [2.05, 4.69) is 20.4 Å². The van der Waals surface area contributed by atoms with Crippen molar-refractivity contribution >= 4 is 5.97 Å². The van der Waals surface area contributed by atoms with Gasteiger partial charge in [-0.2, -0.15) is 0 Å². The number of esters is 1. The molecule has 0 radical (unpaired) electrons. The SMILES string of the molecule is C=C(C)C(=O)OCCOC(CCC)CCCCCCC. The summed E-state index contributed by atoms with van der Waals surface area (Å²) in [6.07, 6.45) is 10.1. The molecule has 0 spiro atoms. The molecule has 0 amide bonds. The molecule has 0 bridgehead atoms. The third-order valence-electron chi connectivity index (χ3n) is 3.26. The molecule has 0 aliphatic heterocycles. The number of unbranched alkanes of at least 4 members (excludes halogenated alkanes) is 4. The highest BCUT2D eigenvalue weighted by Gasteiger charge is 2.09. The van der Waals surface area contributed by atoms with E-state index in [9.17, 15) is 4.79 Å². The summed E-state index contributed by atoms with van der Waals surface area (Å²) in [6.45, 7) is 10.4. The van der Waals surface area contributed by atoms with Gasteiger partial charge in [-0.15, -0.1) is 0 Å². The molecule has 0 aliphatic carbocycles. The number of hydrogen-bond acceptors (Lipinski definition) is 3. The Morgan fingerprint density at radius 1 is 1.00 bits per heavy atom. The number of ether oxygens (including phenoxy) is 2. The topological polar surface area (TPSA) is 35.5 Å². The van der Waals surface area contributed by atoms with Crippen molar-refractivity contribution in [3.05, 3.63) is 12.2 Å². The first-order valence-corrected chi connectivity index (χ1v) is 8.06. The Bertz CT molecular complexity index is 261. The van der Waals surface area contributed by atoms with E-state index in [4.69, 9.17) is 9.47 Å². The highest BCUT2D eigenvalue weighted by atomic mass is 16.6. The predicted octanol–water partition coefficient (Wildman–Crippen LogP) is 4.65. The summed E-state index contributed by atoms with van der Waals surface area (Å²) in [4.78, 5) is 11.2. The average molecular weight is 284 g/mol. The van der Waals surface area contributed by atoms with E-state index < -0.39 is 0 Å². The summed E-state index contributed by atoms with van der Waals surface area (Å²) in [5.74, 6) is -0.333. The molecule has 0 heterocycles. The van der Waals surface area contributed by atoms with E-state index in [-0.39, 0.29) is 5.97 Å². The Kier molecular flexibility index (Phi) is 12.6. The summed E-state index contributed by atoms with van der Waals surface area (Å²) in [5, 5.41) is 0. The van der Waals surface area contributed by atoms with Crippen LogP contribution in [0.1, 0.15) is 72.1 Å². The molecular weight excluding hydrogens is 252 g/mol. The second-order valence-corrected chi connectivity index (χ2v) is 5.40. The number of hydrogen-bond donors (Lipinski definition) is 0. The standard InChI is InChI=1S/C17H32O3/c1-5-7-8-9-10-12-16(11-6-2)19-13-14-20-17(18)15(3)4/h16H,3,5-14H2,1-2,4H3. The maximum Gasteiger partial charge on any atom is 0.333 e. The Morgan fingerprint density at radius 3 is 2.30 bits per heavy atom. The molecule has 3 nitrogen and oxygen atoms in total. The quantitative estimate of drug-likeness (QED) is 0.280. The number of rotatable bonds is 13. The molecule has 0 rings (SSSR count). The lowest BCUT2D eigenvalue weighted by Crippen LogP contribution is -2.18. The summed E-state index contributed by atoms with van der Waals surface area (Å²) in [6, 6.07) is 0. The zero-order valence-electron chi connectivity index (χ0n) is 13.6. The van der Waals surface area contributed by atoms with Crippen molar-refractivity contribution in [2.24, 2.45) is 0 Å². The van der Waals surface area contributed by atoms with Gasteiger partial charge in [0.05, 0.1) is 12.7 Å². The average Bonchev–Trinajstić information content (AvgIpc) is 2.42. The van der Waals surface area contributed by atoms with Gasteiger partial charge in [0.25, 0.3) is 0 Å². The van der Waals surface area contributed by atoms with E-state index >= 15 is 0 Å². The fraction of sp³-hybridized carbons (Fsp3) is 0.824. The molecule has 1 atom stereocenters. The number of carbonyl (C=O) groups excluding carboxylic acids is 1. The van der Waals surface area contributed by atoms with Crippen molar-refractivity contribution in [3.8, 4) is 0 Å². The molecule has 0 saturated carbocycles. The van der Waals surface area contributed by atoms with Gasteiger partial charge in [-0.25, -0.2) is 4.79 Å². The maximum absolute atomic E-state index is 11.2. The van der Waals surface area contributed by atoms with Crippen LogP contribution in [-0.4, -0.2) is 25.3 Å². The third-order valence-corrected chi connectivity index (χ3v) is 3.26. The second kappa shape index (κ2) is 13.2. The van der Waals surface area contributed by atoms with Crippen LogP contribution in [0.3, 0.4) is 0 Å². The molecule has 20 heavy (non-hydrogen) atoms. The van der Waals surface area contributed by atoms with Gasteiger partial charge >= 0.3 is 5.97 Å². The Balaban J connectivity index is 3.68. The van der Waals surface area contributed by atoms with Crippen molar-refractivity contribution in [3.63, 3.8) is 0 Å². The largest absolute Gasteiger partial charge is 0.460 e. The highest BCUT2D eigenvalue weighted by molar-refractivity contribution is 5.86. The lowest BCUT2D eigenvalue weighted by Gasteiger charge is -2.17. The van der Waals surface area contributed by atoms with Crippen molar-refractivity contribution in [2.75, 3.05) is 13.2 Å². The van der Waals surface area contributed by atoms with Gasteiger partial charge in [-0.3, -0.25) is 0 Å². The molecule has 0 N–H and O–H groups in total. The third kappa shape index (κ3) is 11.0. The van der Waals surface area contributed by atoms with E-state index in [1.165, 1.54) is 32.1 Å². The van der Waals surface area contributed by atoms with Crippen LogP contribution in [0.4, 0.5) is 0 Å². The minimum Gasteiger partial charge on any atom is -0.460 e. The Morgan fingerprint density at radius 2 is 1.70 bits per heavy atom. The van der Waals surface area contributed by atoms with Crippen LogP contribution in [-0.2, 0) is 14.3 Å². The second-order valence-electron chi connectivity index (χ2n) is 5.40. The van der Waals surface area contributed by atoms with Crippen LogP contribution >= 0.6 is 0 Å². The summed E-state index contributed by atoms with van der Waals surface area (Å²) >= 11 is 0. The molecular formula is C17H32O3. The van der Waals surface area contributed by atoms with Gasteiger partial charge in [0.1, 0.15) is 6.61 Å². The molecule has 0 aromatic rings. The van der Waals surface area contributed by atoms with Gasteiger partial charge in [-0.05, 0) is 19.8 Å². The molecule has 0 fully saturated rings. The maximum atomic E-state index is 11.2. The van der Waals surface area contributed by atoms with Gasteiger partial charge in [-0.1, -0.05) is 59.0 Å². The van der Waals surface area contributed by atoms with Crippen molar-refractivity contribution < 1.29 is 14.3 Å².